The van der Waals surface area contributed by atoms with Crippen LogP contribution >= 0.6 is 0 Å². The SMILES string of the molecule is CC(=O)Nc1ccccc1CNCc1cnccc1C. The molecule has 0 saturated carbocycles. The van der Waals surface area contributed by atoms with Crippen molar-refractivity contribution in [1.29, 1.82) is 0 Å². The van der Waals surface area contributed by atoms with Crippen molar-refractivity contribution in [3.05, 3.63) is 59.4 Å². The number of aryl methyl sites for hydroxylation is 1. The largest absolute Gasteiger partial charge is 0.326 e. The van der Waals surface area contributed by atoms with Gasteiger partial charge in [-0.25, -0.2) is 0 Å². The Balaban J connectivity index is 1.97. The van der Waals surface area contributed by atoms with E-state index >= 15 is 0 Å². The molecule has 1 aromatic carbocycles. The van der Waals surface area contributed by atoms with Crippen LogP contribution in [-0.2, 0) is 17.9 Å². The van der Waals surface area contributed by atoms with Crippen LogP contribution in [0, 0.1) is 6.92 Å². The Morgan fingerprint density at radius 2 is 1.90 bits per heavy atom. The number of hydrogen-bond acceptors (Lipinski definition) is 3. The van der Waals surface area contributed by atoms with Crippen molar-refractivity contribution in [1.82, 2.24) is 10.3 Å². The molecule has 2 N–H and O–H groups in total. The van der Waals surface area contributed by atoms with Gasteiger partial charge in [0.15, 0.2) is 0 Å². The van der Waals surface area contributed by atoms with Crippen LogP contribution in [0.2, 0.25) is 0 Å². The van der Waals surface area contributed by atoms with Gasteiger partial charge in [-0.1, -0.05) is 18.2 Å². The number of nitrogens with zero attached hydrogens (tertiary/aromatic N) is 1. The first-order chi connectivity index (χ1) is 9.66. The lowest BCUT2D eigenvalue weighted by atomic mass is 10.1. The van der Waals surface area contributed by atoms with Crippen LogP contribution < -0.4 is 10.6 Å². The zero-order valence-electron chi connectivity index (χ0n) is 11.8. The molecule has 0 atom stereocenters. The van der Waals surface area contributed by atoms with Gasteiger partial charge in [0.05, 0.1) is 0 Å². The van der Waals surface area contributed by atoms with Crippen LogP contribution in [0.1, 0.15) is 23.6 Å². The summed E-state index contributed by atoms with van der Waals surface area (Å²) in [6, 6.07) is 9.81. The monoisotopic (exact) mass is 269 g/mol. The maximum Gasteiger partial charge on any atom is 0.221 e. The van der Waals surface area contributed by atoms with Gasteiger partial charge in [-0.15, -0.1) is 0 Å². The second-order valence-corrected chi connectivity index (χ2v) is 4.74. The highest BCUT2D eigenvalue weighted by Crippen LogP contribution is 2.15. The first-order valence-electron chi connectivity index (χ1n) is 6.62. The predicted octanol–water partition coefficient (Wildman–Crippen LogP) is 2.64. The molecule has 1 heterocycles. The van der Waals surface area contributed by atoms with Gasteiger partial charge < -0.3 is 10.6 Å². The number of carbonyl (C=O) groups excluding carboxylic acids is 1. The number of benzene rings is 1. The number of amides is 1. The molecule has 104 valence electrons. The average Bonchev–Trinajstić information content (AvgIpc) is 2.42. The van der Waals surface area contributed by atoms with Crippen molar-refractivity contribution in [3.63, 3.8) is 0 Å². The Labute approximate surface area is 119 Å². The number of pyridine rings is 1. The highest BCUT2D eigenvalue weighted by atomic mass is 16.1. The summed E-state index contributed by atoms with van der Waals surface area (Å²) in [5.74, 6) is -0.0550. The lowest BCUT2D eigenvalue weighted by Gasteiger charge is -2.11. The van der Waals surface area contributed by atoms with Crippen LogP contribution in [0.15, 0.2) is 42.7 Å². The van der Waals surface area contributed by atoms with E-state index in [0.29, 0.717) is 6.54 Å². The molecule has 2 rings (SSSR count). The van der Waals surface area contributed by atoms with Gasteiger partial charge in [-0.05, 0) is 35.7 Å². The van der Waals surface area contributed by atoms with Crippen molar-refractivity contribution in [3.8, 4) is 0 Å². The zero-order valence-corrected chi connectivity index (χ0v) is 11.8. The molecule has 0 aliphatic rings. The first kappa shape index (κ1) is 14.2. The third-order valence-corrected chi connectivity index (χ3v) is 3.11. The van der Waals surface area contributed by atoms with Crippen LogP contribution in [0.4, 0.5) is 5.69 Å². The van der Waals surface area contributed by atoms with Crippen molar-refractivity contribution >= 4 is 11.6 Å². The third-order valence-electron chi connectivity index (χ3n) is 3.11. The maximum atomic E-state index is 11.2. The van der Waals surface area contributed by atoms with Crippen LogP contribution in [0.3, 0.4) is 0 Å². The molecule has 4 nitrogen and oxygen atoms in total. The van der Waals surface area contributed by atoms with Gasteiger partial charge in [0, 0.05) is 38.1 Å². The molecule has 20 heavy (non-hydrogen) atoms. The summed E-state index contributed by atoms with van der Waals surface area (Å²) in [5, 5.41) is 6.22. The smallest absolute Gasteiger partial charge is 0.221 e. The van der Waals surface area contributed by atoms with E-state index in [1.54, 1.807) is 6.20 Å². The topological polar surface area (TPSA) is 54.0 Å². The van der Waals surface area contributed by atoms with Crippen molar-refractivity contribution < 1.29 is 4.79 Å². The minimum Gasteiger partial charge on any atom is -0.326 e. The maximum absolute atomic E-state index is 11.2. The fourth-order valence-electron chi connectivity index (χ4n) is 2.00. The summed E-state index contributed by atoms with van der Waals surface area (Å²) in [6.07, 6.45) is 3.67. The molecule has 0 spiro atoms. The molecule has 0 fully saturated rings. The van der Waals surface area contributed by atoms with E-state index in [2.05, 4.69) is 22.5 Å². The summed E-state index contributed by atoms with van der Waals surface area (Å²) in [4.78, 5) is 15.3. The lowest BCUT2D eigenvalue weighted by molar-refractivity contribution is -0.114. The number of rotatable bonds is 5. The minimum absolute atomic E-state index is 0.0550. The number of carbonyl (C=O) groups is 1. The van der Waals surface area contributed by atoms with E-state index in [1.807, 2.05) is 36.5 Å². The van der Waals surface area contributed by atoms with Gasteiger partial charge in [0.2, 0.25) is 5.91 Å². The highest BCUT2D eigenvalue weighted by molar-refractivity contribution is 5.89. The predicted molar refractivity (Wildman–Crippen MR) is 80.3 cm³/mol. The molecular formula is C16H19N3O. The summed E-state index contributed by atoms with van der Waals surface area (Å²) < 4.78 is 0. The molecule has 1 amide bonds. The van der Waals surface area contributed by atoms with E-state index in [0.717, 1.165) is 17.8 Å². The molecule has 0 saturated heterocycles. The van der Waals surface area contributed by atoms with Gasteiger partial charge in [0.1, 0.15) is 0 Å². The fraction of sp³-hybridized carbons (Fsp3) is 0.250. The molecular weight excluding hydrogens is 250 g/mol. The van der Waals surface area contributed by atoms with Crippen molar-refractivity contribution in [2.24, 2.45) is 0 Å². The Kier molecular flexibility index (Phi) is 4.85. The average molecular weight is 269 g/mol. The summed E-state index contributed by atoms with van der Waals surface area (Å²) in [5.41, 5.74) is 4.34. The highest BCUT2D eigenvalue weighted by Gasteiger charge is 2.03. The third kappa shape index (κ3) is 3.90. The van der Waals surface area contributed by atoms with Gasteiger partial charge in [0.25, 0.3) is 0 Å². The molecule has 2 aromatic rings. The molecule has 0 aliphatic heterocycles. The van der Waals surface area contributed by atoms with Gasteiger partial charge in [-0.2, -0.15) is 0 Å². The van der Waals surface area contributed by atoms with E-state index in [-0.39, 0.29) is 5.91 Å². The van der Waals surface area contributed by atoms with E-state index in [1.165, 1.54) is 18.1 Å². The second-order valence-electron chi connectivity index (χ2n) is 4.74. The summed E-state index contributed by atoms with van der Waals surface area (Å²) in [6.45, 7) is 5.05. The van der Waals surface area contributed by atoms with Crippen molar-refractivity contribution in [2.75, 3.05) is 5.32 Å². The fourth-order valence-corrected chi connectivity index (χ4v) is 2.00. The first-order valence-corrected chi connectivity index (χ1v) is 6.62. The number of aromatic nitrogens is 1. The summed E-state index contributed by atoms with van der Waals surface area (Å²) >= 11 is 0. The van der Waals surface area contributed by atoms with E-state index < -0.39 is 0 Å². The van der Waals surface area contributed by atoms with Crippen molar-refractivity contribution in [2.45, 2.75) is 26.9 Å². The molecule has 0 bridgehead atoms. The van der Waals surface area contributed by atoms with E-state index in [9.17, 15) is 4.79 Å². The Morgan fingerprint density at radius 1 is 1.15 bits per heavy atom. The Morgan fingerprint density at radius 3 is 2.65 bits per heavy atom. The van der Waals surface area contributed by atoms with E-state index in [4.69, 9.17) is 0 Å². The number of anilines is 1. The molecule has 0 aliphatic carbocycles. The van der Waals surface area contributed by atoms with Gasteiger partial charge >= 0.3 is 0 Å². The number of para-hydroxylation sites is 1. The minimum atomic E-state index is -0.0550. The van der Waals surface area contributed by atoms with Crippen LogP contribution in [0.5, 0.6) is 0 Å². The quantitative estimate of drug-likeness (QED) is 0.877. The normalized spacial score (nSPS) is 10.3. The zero-order chi connectivity index (χ0) is 14.4. The molecule has 4 heteroatoms. The van der Waals surface area contributed by atoms with Gasteiger partial charge in [-0.3, -0.25) is 9.78 Å². The standard InChI is InChI=1S/C16H19N3O/c1-12-7-8-17-10-15(12)11-18-9-14-5-3-4-6-16(14)19-13(2)20/h3-8,10,18H,9,11H2,1-2H3,(H,19,20). The molecule has 0 unspecified atom stereocenters. The van der Waals surface area contributed by atoms with Crippen LogP contribution in [-0.4, -0.2) is 10.9 Å². The number of nitrogens with one attached hydrogen (secondary N) is 2. The molecule has 1 aromatic heterocycles. The second kappa shape index (κ2) is 6.82. The lowest BCUT2D eigenvalue weighted by Crippen LogP contribution is -2.16. The van der Waals surface area contributed by atoms with Crippen LogP contribution in [0.25, 0.3) is 0 Å². The Bertz CT molecular complexity index is 596. The number of hydrogen-bond donors (Lipinski definition) is 2. The molecule has 0 radical (unpaired) electrons. The summed E-state index contributed by atoms with van der Waals surface area (Å²) in [7, 11) is 0. The Hall–Kier alpha value is -2.20.